The van der Waals surface area contributed by atoms with E-state index < -0.39 is 9.84 Å². The summed E-state index contributed by atoms with van der Waals surface area (Å²) < 4.78 is 35.3. The van der Waals surface area contributed by atoms with E-state index in [0.717, 1.165) is 16.7 Å². The van der Waals surface area contributed by atoms with Gasteiger partial charge in [0.15, 0.2) is 21.5 Å². The highest BCUT2D eigenvalue weighted by molar-refractivity contribution is 7.90. The van der Waals surface area contributed by atoms with Crippen LogP contribution in [-0.2, 0) is 16.3 Å². The fourth-order valence-corrected chi connectivity index (χ4v) is 3.91. The summed E-state index contributed by atoms with van der Waals surface area (Å²) in [6.07, 6.45) is 1.74. The topological polar surface area (TPSA) is 69.4 Å². The van der Waals surface area contributed by atoms with Crippen LogP contribution in [0.3, 0.4) is 0 Å². The van der Waals surface area contributed by atoms with Crippen molar-refractivity contribution in [3.8, 4) is 28.3 Å². The highest BCUT2D eigenvalue weighted by atomic mass is 32.2. The monoisotopic (exact) mass is 419 g/mol. The Morgan fingerprint density at radius 3 is 2.23 bits per heavy atom. The fraction of sp³-hybridized carbons (Fsp3) is 0.125. The normalized spacial score (nSPS) is 11.4. The van der Waals surface area contributed by atoms with Crippen molar-refractivity contribution in [3.05, 3.63) is 90.3 Å². The zero-order valence-corrected chi connectivity index (χ0v) is 17.5. The third-order valence-corrected chi connectivity index (χ3v) is 5.91. The number of benzene rings is 3. The molecule has 0 aliphatic rings. The van der Waals surface area contributed by atoms with Gasteiger partial charge in [0.1, 0.15) is 11.4 Å². The van der Waals surface area contributed by atoms with Crippen molar-refractivity contribution < 1.29 is 17.6 Å². The lowest BCUT2D eigenvalue weighted by Gasteiger charge is -2.07. The predicted molar refractivity (Wildman–Crippen MR) is 116 cm³/mol. The summed E-state index contributed by atoms with van der Waals surface area (Å²) in [7, 11) is -1.66. The number of oxazole rings is 1. The number of sulfone groups is 1. The zero-order valence-electron chi connectivity index (χ0n) is 16.7. The van der Waals surface area contributed by atoms with Crippen molar-refractivity contribution in [2.45, 2.75) is 11.3 Å². The van der Waals surface area contributed by atoms with Crippen LogP contribution in [0.2, 0.25) is 0 Å². The average Bonchev–Trinajstić information content (AvgIpc) is 3.17. The first-order valence-corrected chi connectivity index (χ1v) is 11.3. The van der Waals surface area contributed by atoms with Crippen LogP contribution in [0.1, 0.15) is 11.5 Å². The second-order valence-corrected chi connectivity index (χ2v) is 8.96. The summed E-state index contributed by atoms with van der Waals surface area (Å²) in [6, 6.07) is 24.2. The van der Waals surface area contributed by atoms with Crippen LogP contribution in [0.25, 0.3) is 22.6 Å². The smallest absolute Gasteiger partial charge is 0.199 e. The van der Waals surface area contributed by atoms with E-state index in [0.29, 0.717) is 29.5 Å². The molecule has 30 heavy (non-hydrogen) atoms. The summed E-state index contributed by atoms with van der Waals surface area (Å²) in [5.41, 5.74) is 3.29. The van der Waals surface area contributed by atoms with Crippen LogP contribution in [-0.4, -0.2) is 26.8 Å². The third-order valence-electron chi connectivity index (χ3n) is 4.78. The predicted octanol–water partition coefficient (Wildman–Crippen LogP) is 5.01. The molecule has 0 bridgehead atoms. The molecule has 0 radical (unpaired) electrons. The van der Waals surface area contributed by atoms with Gasteiger partial charge in [-0.2, -0.15) is 0 Å². The van der Waals surface area contributed by atoms with E-state index in [1.54, 1.807) is 31.4 Å². The molecule has 0 N–H and O–H groups in total. The van der Waals surface area contributed by atoms with Crippen LogP contribution in [0, 0.1) is 0 Å². The average molecular weight is 420 g/mol. The van der Waals surface area contributed by atoms with Gasteiger partial charge in [-0.3, -0.25) is 0 Å². The summed E-state index contributed by atoms with van der Waals surface area (Å²) >= 11 is 0. The van der Waals surface area contributed by atoms with E-state index in [-0.39, 0.29) is 4.90 Å². The number of methoxy groups -OCH3 is 1. The molecule has 152 valence electrons. The van der Waals surface area contributed by atoms with Crippen molar-refractivity contribution in [2.24, 2.45) is 0 Å². The number of para-hydroxylation sites is 1. The molecular formula is C24H21NO4S. The maximum absolute atomic E-state index is 11.8. The molecule has 0 saturated carbocycles. The Kier molecular flexibility index (Phi) is 5.42. The first kappa shape index (κ1) is 19.9. The third kappa shape index (κ3) is 4.14. The Hall–Kier alpha value is -3.38. The van der Waals surface area contributed by atoms with Gasteiger partial charge < -0.3 is 9.15 Å². The van der Waals surface area contributed by atoms with Gasteiger partial charge >= 0.3 is 0 Å². The molecule has 0 spiro atoms. The highest BCUT2D eigenvalue weighted by Gasteiger charge is 2.20. The standard InChI is InChI=1S/C24H21NO4S/c1-28-21-11-7-6-10-20(21)24-23(18-12-14-19(15-13-18)30(2,26)27)25-22(29-24)16-17-8-4-3-5-9-17/h3-15H,16H2,1-2H3. The van der Waals surface area contributed by atoms with Crippen molar-refractivity contribution in [1.29, 1.82) is 0 Å². The molecule has 0 fully saturated rings. The van der Waals surface area contributed by atoms with Crippen molar-refractivity contribution >= 4 is 9.84 Å². The van der Waals surface area contributed by atoms with Gasteiger partial charge in [-0.15, -0.1) is 0 Å². The van der Waals surface area contributed by atoms with E-state index in [1.807, 2.05) is 54.6 Å². The molecule has 0 atom stereocenters. The number of ether oxygens (including phenoxy) is 1. The first-order chi connectivity index (χ1) is 14.5. The zero-order chi connectivity index (χ0) is 21.1. The minimum absolute atomic E-state index is 0.262. The van der Waals surface area contributed by atoms with E-state index in [1.165, 1.54) is 6.26 Å². The van der Waals surface area contributed by atoms with Crippen LogP contribution in [0.15, 0.2) is 88.2 Å². The minimum Gasteiger partial charge on any atom is -0.496 e. The van der Waals surface area contributed by atoms with Gasteiger partial charge in [0.25, 0.3) is 0 Å². The van der Waals surface area contributed by atoms with E-state index in [4.69, 9.17) is 14.1 Å². The molecule has 0 unspecified atom stereocenters. The van der Waals surface area contributed by atoms with E-state index >= 15 is 0 Å². The van der Waals surface area contributed by atoms with Gasteiger partial charge in [0, 0.05) is 18.2 Å². The van der Waals surface area contributed by atoms with Gasteiger partial charge in [-0.05, 0) is 29.8 Å². The number of hydrogen-bond acceptors (Lipinski definition) is 5. The first-order valence-electron chi connectivity index (χ1n) is 9.43. The van der Waals surface area contributed by atoms with Gasteiger partial charge in [-0.1, -0.05) is 54.6 Å². The van der Waals surface area contributed by atoms with Crippen LogP contribution in [0.5, 0.6) is 5.75 Å². The van der Waals surface area contributed by atoms with Crippen LogP contribution in [0.4, 0.5) is 0 Å². The Balaban J connectivity index is 1.83. The summed E-state index contributed by atoms with van der Waals surface area (Å²) in [5.74, 6) is 1.84. The molecule has 4 aromatic rings. The molecule has 0 aliphatic heterocycles. The van der Waals surface area contributed by atoms with Crippen molar-refractivity contribution in [1.82, 2.24) is 4.98 Å². The molecule has 6 heteroatoms. The fourth-order valence-electron chi connectivity index (χ4n) is 3.28. The number of nitrogens with zero attached hydrogens (tertiary/aromatic N) is 1. The lowest BCUT2D eigenvalue weighted by Crippen LogP contribution is -1.96. The lowest BCUT2D eigenvalue weighted by molar-refractivity contribution is 0.414. The molecule has 0 aliphatic carbocycles. The lowest BCUT2D eigenvalue weighted by atomic mass is 10.1. The Labute approximate surface area is 175 Å². The van der Waals surface area contributed by atoms with Gasteiger partial charge in [0.2, 0.25) is 0 Å². The Morgan fingerprint density at radius 1 is 0.900 bits per heavy atom. The second kappa shape index (κ2) is 8.16. The van der Waals surface area contributed by atoms with E-state index in [2.05, 4.69) is 0 Å². The molecule has 3 aromatic carbocycles. The number of hydrogen-bond donors (Lipinski definition) is 0. The Bertz CT molecular complexity index is 1260. The van der Waals surface area contributed by atoms with Crippen molar-refractivity contribution in [2.75, 3.05) is 13.4 Å². The maximum Gasteiger partial charge on any atom is 0.199 e. The summed E-state index contributed by atoms with van der Waals surface area (Å²) in [5, 5.41) is 0. The van der Waals surface area contributed by atoms with Crippen LogP contribution >= 0.6 is 0 Å². The van der Waals surface area contributed by atoms with Gasteiger partial charge in [0.05, 0.1) is 17.6 Å². The minimum atomic E-state index is -3.27. The van der Waals surface area contributed by atoms with Crippen LogP contribution < -0.4 is 4.74 Å². The summed E-state index contributed by atoms with van der Waals surface area (Å²) in [4.78, 5) is 5.01. The molecule has 0 amide bonds. The largest absolute Gasteiger partial charge is 0.496 e. The van der Waals surface area contributed by atoms with Crippen molar-refractivity contribution in [3.63, 3.8) is 0 Å². The summed E-state index contributed by atoms with van der Waals surface area (Å²) in [6.45, 7) is 0. The second-order valence-electron chi connectivity index (χ2n) is 6.94. The molecule has 1 aromatic heterocycles. The number of aromatic nitrogens is 1. The highest BCUT2D eigenvalue weighted by Crippen LogP contribution is 2.38. The molecule has 1 heterocycles. The molecular weight excluding hydrogens is 398 g/mol. The maximum atomic E-state index is 11.8. The molecule has 0 saturated heterocycles. The van der Waals surface area contributed by atoms with Gasteiger partial charge in [-0.25, -0.2) is 13.4 Å². The Morgan fingerprint density at radius 2 is 1.57 bits per heavy atom. The molecule has 5 nitrogen and oxygen atoms in total. The van der Waals surface area contributed by atoms with E-state index in [9.17, 15) is 8.42 Å². The number of rotatable bonds is 6. The molecule has 4 rings (SSSR count). The SMILES string of the molecule is COc1ccccc1-c1oc(Cc2ccccc2)nc1-c1ccc(S(C)(=O)=O)cc1. The quantitative estimate of drug-likeness (QED) is 0.439.